The Morgan fingerprint density at radius 3 is 2.68 bits per heavy atom. The maximum Gasteiger partial charge on any atom is 0.0456 e. The lowest BCUT2D eigenvalue weighted by Gasteiger charge is -2.15. The Balaban J connectivity index is 2.12. The maximum atomic E-state index is 8.96. The Bertz CT molecular complexity index is 351. The van der Waals surface area contributed by atoms with Gasteiger partial charge in [-0.25, -0.2) is 0 Å². The van der Waals surface area contributed by atoms with Crippen molar-refractivity contribution in [3.8, 4) is 0 Å². The van der Waals surface area contributed by atoms with Crippen LogP contribution in [0.2, 0.25) is 0 Å². The van der Waals surface area contributed by atoms with Crippen LogP contribution in [-0.2, 0) is 6.42 Å². The molecule has 0 heterocycles. The Labute approximate surface area is 118 Å². The molecule has 0 spiro atoms. The molecule has 2 nitrogen and oxygen atoms in total. The average Bonchev–Trinajstić information content (AvgIpc) is 2.41. The van der Waals surface area contributed by atoms with Gasteiger partial charge in [0.25, 0.3) is 0 Å². The zero-order valence-corrected chi connectivity index (χ0v) is 12.7. The molecule has 0 radical (unpaired) electrons. The highest BCUT2D eigenvalue weighted by Gasteiger charge is 2.03. The molecule has 0 amide bonds. The molecule has 0 aromatic heterocycles. The first-order valence-electron chi connectivity index (χ1n) is 7.51. The SMILES string of the molecule is Cc1cccc(CCC(C)NCCCC(C)CO)c1. The first kappa shape index (κ1) is 16.2. The van der Waals surface area contributed by atoms with Gasteiger partial charge in [0.1, 0.15) is 0 Å². The molecule has 0 saturated carbocycles. The molecule has 19 heavy (non-hydrogen) atoms. The van der Waals surface area contributed by atoms with Crippen molar-refractivity contribution < 1.29 is 5.11 Å². The Morgan fingerprint density at radius 2 is 2.00 bits per heavy atom. The number of nitrogens with one attached hydrogen (secondary N) is 1. The van der Waals surface area contributed by atoms with Crippen molar-refractivity contribution in [2.75, 3.05) is 13.2 Å². The summed E-state index contributed by atoms with van der Waals surface area (Å²) in [7, 11) is 0. The normalized spacial score (nSPS) is 14.3. The topological polar surface area (TPSA) is 32.3 Å². The molecule has 0 aliphatic carbocycles. The molecular weight excluding hydrogens is 234 g/mol. The maximum absolute atomic E-state index is 8.96. The molecule has 0 aliphatic heterocycles. The van der Waals surface area contributed by atoms with Crippen molar-refractivity contribution in [1.82, 2.24) is 5.32 Å². The minimum absolute atomic E-state index is 0.308. The van der Waals surface area contributed by atoms with Crippen LogP contribution in [0.3, 0.4) is 0 Å². The largest absolute Gasteiger partial charge is 0.396 e. The van der Waals surface area contributed by atoms with E-state index in [2.05, 4.69) is 50.4 Å². The molecule has 108 valence electrons. The van der Waals surface area contributed by atoms with Crippen molar-refractivity contribution in [3.63, 3.8) is 0 Å². The monoisotopic (exact) mass is 263 g/mol. The molecule has 0 fully saturated rings. The minimum atomic E-state index is 0.308. The fourth-order valence-electron chi connectivity index (χ4n) is 2.24. The van der Waals surface area contributed by atoms with Gasteiger partial charge in [-0.2, -0.15) is 0 Å². The van der Waals surface area contributed by atoms with Gasteiger partial charge in [0, 0.05) is 12.6 Å². The second-order valence-electron chi connectivity index (χ2n) is 5.81. The first-order chi connectivity index (χ1) is 9.11. The van der Waals surface area contributed by atoms with Gasteiger partial charge in [0.15, 0.2) is 0 Å². The van der Waals surface area contributed by atoms with E-state index in [0.29, 0.717) is 18.6 Å². The zero-order valence-electron chi connectivity index (χ0n) is 12.7. The molecule has 0 saturated heterocycles. The van der Waals surface area contributed by atoms with Crippen LogP contribution in [0.15, 0.2) is 24.3 Å². The number of hydrogen-bond acceptors (Lipinski definition) is 2. The van der Waals surface area contributed by atoms with Crippen molar-refractivity contribution in [2.45, 2.75) is 52.5 Å². The van der Waals surface area contributed by atoms with Gasteiger partial charge in [-0.15, -0.1) is 0 Å². The van der Waals surface area contributed by atoms with Gasteiger partial charge >= 0.3 is 0 Å². The third-order valence-electron chi connectivity index (χ3n) is 3.63. The van der Waals surface area contributed by atoms with Crippen LogP contribution in [0, 0.1) is 12.8 Å². The molecule has 0 aliphatic rings. The van der Waals surface area contributed by atoms with Crippen LogP contribution in [0.4, 0.5) is 0 Å². The van der Waals surface area contributed by atoms with E-state index in [9.17, 15) is 0 Å². The van der Waals surface area contributed by atoms with Gasteiger partial charge < -0.3 is 10.4 Å². The van der Waals surface area contributed by atoms with Crippen LogP contribution in [-0.4, -0.2) is 24.3 Å². The molecule has 2 N–H and O–H groups in total. The van der Waals surface area contributed by atoms with Crippen molar-refractivity contribution in [1.29, 1.82) is 0 Å². The fraction of sp³-hybridized carbons (Fsp3) is 0.647. The lowest BCUT2D eigenvalue weighted by Crippen LogP contribution is -2.27. The summed E-state index contributed by atoms with van der Waals surface area (Å²) in [6, 6.07) is 9.33. The molecule has 1 aromatic carbocycles. The molecular formula is C17H29NO. The minimum Gasteiger partial charge on any atom is -0.396 e. The summed E-state index contributed by atoms with van der Waals surface area (Å²) >= 11 is 0. The highest BCUT2D eigenvalue weighted by atomic mass is 16.3. The average molecular weight is 263 g/mol. The second kappa shape index (κ2) is 9.11. The van der Waals surface area contributed by atoms with Gasteiger partial charge in [0.05, 0.1) is 0 Å². The van der Waals surface area contributed by atoms with Gasteiger partial charge in [-0.05, 0) is 57.6 Å². The Kier molecular flexibility index (Phi) is 7.76. The van der Waals surface area contributed by atoms with E-state index in [1.165, 1.54) is 17.5 Å². The van der Waals surface area contributed by atoms with Crippen molar-refractivity contribution >= 4 is 0 Å². The quantitative estimate of drug-likeness (QED) is 0.670. The van der Waals surface area contributed by atoms with Crippen LogP contribution in [0.5, 0.6) is 0 Å². The molecule has 2 unspecified atom stereocenters. The van der Waals surface area contributed by atoms with Gasteiger partial charge in [-0.1, -0.05) is 36.8 Å². The molecule has 1 aromatic rings. The first-order valence-corrected chi connectivity index (χ1v) is 7.51. The summed E-state index contributed by atoms with van der Waals surface area (Å²) in [5, 5.41) is 12.5. The van der Waals surface area contributed by atoms with Crippen molar-refractivity contribution in [2.24, 2.45) is 5.92 Å². The van der Waals surface area contributed by atoms with E-state index in [1.54, 1.807) is 0 Å². The number of aliphatic hydroxyl groups excluding tert-OH is 1. The van der Waals surface area contributed by atoms with E-state index in [4.69, 9.17) is 5.11 Å². The summed E-state index contributed by atoms with van der Waals surface area (Å²) < 4.78 is 0. The van der Waals surface area contributed by atoms with E-state index >= 15 is 0 Å². The Morgan fingerprint density at radius 1 is 1.21 bits per heavy atom. The number of hydrogen-bond donors (Lipinski definition) is 2. The number of aryl methyl sites for hydroxylation is 2. The van der Waals surface area contributed by atoms with Crippen LogP contribution >= 0.6 is 0 Å². The third-order valence-corrected chi connectivity index (χ3v) is 3.63. The number of aliphatic hydroxyl groups is 1. The third kappa shape index (κ3) is 7.34. The van der Waals surface area contributed by atoms with Crippen molar-refractivity contribution in [3.05, 3.63) is 35.4 Å². The van der Waals surface area contributed by atoms with Crippen LogP contribution in [0.25, 0.3) is 0 Å². The smallest absolute Gasteiger partial charge is 0.0456 e. The van der Waals surface area contributed by atoms with E-state index < -0.39 is 0 Å². The van der Waals surface area contributed by atoms with E-state index in [0.717, 1.165) is 25.8 Å². The summed E-state index contributed by atoms with van der Waals surface area (Å²) in [4.78, 5) is 0. The molecule has 2 atom stereocenters. The predicted molar refractivity (Wildman–Crippen MR) is 82.4 cm³/mol. The van der Waals surface area contributed by atoms with Gasteiger partial charge in [0.2, 0.25) is 0 Å². The van der Waals surface area contributed by atoms with E-state index in [1.807, 2.05) is 0 Å². The summed E-state index contributed by atoms with van der Waals surface area (Å²) in [5.74, 6) is 0.435. The zero-order chi connectivity index (χ0) is 14.1. The summed E-state index contributed by atoms with van der Waals surface area (Å²) in [6.45, 7) is 7.86. The summed E-state index contributed by atoms with van der Waals surface area (Å²) in [6.07, 6.45) is 4.58. The lowest BCUT2D eigenvalue weighted by molar-refractivity contribution is 0.227. The molecule has 2 heteroatoms. The predicted octanol–water partition coefficient (Wildman–Crippen LogP) is 3.31. The number of benzene rings is 1. The molecule has 0 bridgehead atoms. The summed E-state index contributed by atoms with van der Waals surface area (Å²) in [5.41, 5.74) is 2.78. The Hall–Kier alpha value is -0.860. The van der Waals surface area contributed by atoms with Crippen LogP contribution in [0.1, 0.15) is 44.2 Å². The van der Waals surface area contributed by atoms with E-state index in [-0.39, 0.29) is 0 Å². The fourth-order valence-corrected chi connectivity index (χ4v) is 2.24. The highest BCUT2D eigenvalue weighted by molar-refractivity contribution is 5.22. The van der Waals surface area contributed by atoms with Crippen LogP contribution < -0.4 is 5.32 Å². The second-order valence-corrected chi connectivity index (χ2v) is 5.81. The standard InChI is InChI=1S/C17H29NO/c1-14-6-4-8-17(12-14)10-9-16(3)18-11-5-7-15(2)13-19/h4,6,8,12,15-16,18-19H,5,7,9-11,13H2,1-3H3. The molecule has 1 rings (SSSR count). The highest BCUT2D eigenvalue weighted by Crippen LogP contribution is 2.08. The van der Waals surface area contributed by atoms with Gasteiger partial charge in [-0.3, -0.25) is 0 Å². The lowest BCUT2D eigenvalue weighted by atomic mass is 10.0. The number of rotatable bonds is 9.